The summed E-state index contributed by atoms with van der Waals surface area (Å²) in [5.74, 6) is -0.0818. The smallest absolute Gasteiger partial charge is 0.312 e. The van der Waals surface area contributed by atoms with Gasteiger partial charge in [0, 0.05) is 19.0 Å². The van der Waals surface area contributed by atoms with Crippen molar-refractivity contribution >= 4 is 29.6 Å². The van der Waals surface area contributed by atoms with Gasteiger partial charge in [-0.25, -0.2) is 0 Å². The van der Waals surface area contributed by atoms with Gasteiger partial charge in [-0.15, -0.1) is 11.6 Å². The van der Waals surface area contributed by atoms with Crippen molar-refractivity contribution in [3.63, 3.8) is 0 Å². The first-order valence-corrected chi connectivity index (χ1v) is 8.56. The molecular weight excluding hydrogens is 360 g/mol. The van der Waals surface area contributed by atoms with Crippen LogP contribution in [0.15, 0.2) is 23.8 Å². The number of amides is 1. The van der Waals surface area contributed by atoms with Crippen molar-refractivity contribution in [1.82, 2.24) is 4.90 Å². The highest BCUT2D eigenvalue weighted by Crippen LogP contribution is 2.29. The molecule has 1 heterocycles. The Bertz CT molecular complexity index is 736. The molecule has 0 spiro atoms. The molecule has 8 heteroatoms. The van der Waals surface area contributed by atoms with E-state index >= 15 is 0 Å². The van der Waals surface area contributed by atoms with Gasteiger partial charge in [-0.05, 0) is 23.8 Å². The Morgan fingerprint density at radius 1 is 1.35 bits per heavy atom. The summed E-state index contributed by atoms with van der Waals surface area (Å²) in [7, 11) is 1.44. The average molecular weight is 379 g/mol. The number of carbonyl (C=O) groups excluding carboxylic acids is 2. The van der Waals surface area contributed by atoms with Crippen molar-refractivity contribution in [2.45, 2.75) is 6.42 Å². The number of alkyl halides is 1. The summed E-state index contributed by atoms with van der Waals surface area (Å²) < 4.78 is 15.6. The Kier molecular flexibility index (Phi) is 7.45. The molecule has 0 radical (unpaired) electrons. The minimum Gasteiger partial charge on any atom is -0.493 e. The summed E-state index contributed by atoms with van der Waals surface area (Å²) >= 11 is 5.51. The van der Waals surface area contributed by atoms with Gasteiger partial charge in [0.25, 0.3) is 5.91 Å². The van der Waals surface area contributed by atoms with E-state index in [-0.39, 0.29) is 29.5 Å². The van der Waals surface area contributed by atoms with Gasteiger partial charge in [-0.3, -0.25) is 9.59 Å². The first kappa shape index (κ1) is 19.8. The third-order valence-corrected chi connectivity index (χ3v) is 3.86. The largest absolute Gasteiger partial charge is 0.493 e. The molecule has 1 saturated heterocycles. The van der Waals surface area contributed by atoms with Crippen molar-refractivity contribution in [1.29, 1.82) is 5.26 Å². The molecule has 0 N–H and O–H groups in total. The molecule has 1 aromatic carbocycles. The maximum Gasteiger partial charge on any atom is 0.312 e. The number of benzene rings is 1. The molecule has 1 fully saturated rings. The number of nitriles is 1. The second-order valence-electron chi connectivity index (χ2n) is 5.40. The maximum absolute atomic E-state index is 12.4. The van der Waals surface area contributed by atoms with Crippen LogP contribution in [0.3, 0.4) is 0 Å². The van der Waals surface area contributed by atoms with Gasteiger partial charge < -0.3 is 19.1 Å². The fourth-order valence-electron chi connectivity index (χ4n) is 2.35. The molecule has 0 bridgehead atoms. The van der Waals surface area contributed by atoms with Gasteiger partial charge in [-0.2, -0.15) is 5.26 Å². The molecule has 1 aromatic rings. The standard InChI is InChI=1S/C18H19ClN2O5/c1-24-16-11-13(2-3-15(16)26-17(22)4-5-19)10-14(12-20)18(23)21-6-8-25-9-7-21/h2-3,10-11H,4-9H2,1H3/b14-10+. The summed E-state index contributed by atoms with van der Waals surface area (Å²) in [5, 5.41) is 9.34. The molecule has 1 aliphatic heterocycles. The molecule has 138 valence electrons. The number of carbonyl (C=O) groups is 2. The maximum atomic E-state index is 12.4. The van der Waals surface area contributed by atoms with Crippen LogP contribution >= 0.6 is 11.6 Å². The Labute approximate surface area is 156 Å². The van der Waals surface area contributed by atoms with Crippen molar-refractivity contribution in [3.05, 3.63) is 29.3 Å². The lowest BCUT2D eigenvalue weighted by Gasteiger charge is -2.26. The van der Waals surface area contributed by atoms with Crippen LogP contribution < -0.4 is 9.47 Å². The van der Waals surface area contributed by atoms with Crippen LogP contribution in [0.4, 0.5) is 0 Å². The van der Waals surface area contributed by atoms with Crippen LogP contribution in [-0.2, 0) is 14.3 Å². The summed E-state index contributed by atoms with van der Waals surface area (Å²) in [5.41, 5.74) is 0.595. The summed E-state index contributed by atoms with van der Waals surface area (Å²) in [6.07, 6.45) is 1.56. The van der Waals surface area contributed by atoms with Crippen molar-refractivity contribution in [2.75, 3.05) is 39.3 Å². The second kappa shape index (κ2) is 9.80. The van der Waals surface area contributed by atoms with Gasteiger partial charge in [0.1, 0.15) is 11.6 Å². The van der Waals surface area contributed by atoms with Crippen LogP contribution in [-0.4, -0.2) is 56.1 Å². The number of esters is 1. The van der Waals surface area contributed by atoms with Gasteiger partial charge in [0.2, 0.25) is 0 Å². The van der Waals surface area contributed by atoms with Crippen molar-refractivity contribution in [3.8, 4) is 17.6 Å². The van der Waals surface area contributed by atoms with E-state index in [2.05, 4.69) is 0 Å². The van der Waals surface area contributed by atoms with E-state index in [0.717, 1.165) is 0 Å². The van der Waals surface area contributed by atoms with Crippen LogP contribution in [0.5, 0.6) is 11.5 Å². The summed E-state index contributed by atoms with van der Waals surface area (Å²) in [4.78, 5) is 25.6. The third-order valence-electron chi connectivity index (χ3n) is 3.67. The fourth-order valence-corrected chi connectivity index (χ4v) is 2.51. The van der Waals surface area contributed by atoms with E-state index in [4.69, 9.17) is 25.8 Å². The van der Waals surface area contributed by atoms with Gasteiger partial charge in [0.15, 0.2) is 11.5 Å². The average Bonchev–Trinajstić information content (AvgIpc) is 2.67. The molecule has 1 aliphatic rings. The highest BCUT2D eigenvalue weighted by Gasteiger charge is 2.20. The third kappa shape index (κ3) is 5.22. The lowest BCUT2D eigenvalue weighted by Crippen LogP contribution is -2.41. The number of nitrogens with zero attached hydrogens (tertiary/aromatic N) is 2. The number of halogens is 1. The zero-order valence-electron chi connectivity index (χ0n) is 14.4. The molecule has 0 atom stereocenters. The van der Waals surface area contributed by atoms with Gasteiger partial charge in [0.05, 0.1) is 26.7 Å². The minimum absolute atomic E-state index is 0.0147. The van der Waals surface area contributed by atoms with E-state index in [9.17, 15) is 14.9 Å². The SMILES string of the molecule is COc1cc(/C=C(\C#N)C(=O)N2CCOCC2)ccc1OC(=O)CCCl. The van der Waals surface area contributed by atoms with Gasteiger partial charge >= 0.3 is 5.97 Å². The van der Waals surface area contributed by atoms with Gasteiger partial charge in [-0.1, -0.05) is 6.07 Å². The second-order valence-corrected chi connectivity index (χ2v) is 5.78. The highest BCUT2D eigenvalue weighted by molar-refractivity contribution is 6.18. The van der Waals surface area contributed by atoms with Crippen LogP contribution in [0, 0.1) is 11.3 Å². The molecular formula is C18H19ClN2O5. The van der Waals surface area contributed by atoms with Crippen LogP contribution in [0.25, 0.3) is 6.08 Å². The van der Waals surface area contributed by atoms with E-state index in [1.54, 1.807) is 23.1 Å². The van der Waals surface area contributed by atoms with E-state index in [1.165, 1.54) is 13.2 Å². The predicted molar refractivity (Wildman–Crippen MR) is 95.0 cm³/mol. The first-order chi connectivity index (χ1) is 12.6. The fraction of sp³-hybridized carbons (Fsp3) is 0.389. The molecule has 0 saturated carbocycles. The van der Waals surface area contributed by atoms with E-state index in [0.29, 0.717) is 37.6 Å². The lowest BCUT2D eigenvalue weighted by molar-refractivity contribution is -0.134. The minimum atomic E-state index is -0.471. The zero-order chi connectivity index (χ0) is 18.9. The molecule has 26 heavy (non-hydrogen) atoms. The number of methoxy groups -OCH3 is 1. The van der Waals surface area contributed by atoms with Crippen LogP contribution in [0.1, 0.15) is 12.0 Å². The number of hydrogen-bond donors (Lipinski definition) is 0. The highest BCUT2D eigenvalue weighted by atomic mass is 35.5. The molecule has 2 rings (SSSR count). The monoisotopic (exact) mass is 378 g/mol. The normalized spacial score (nSPS) is 14.5. The quantitative estimate of drug-likeness (QED) is 0.247. The Hall–Kier alpha value is -2.56. The van der Waals surface area contributed by atoms with E-state index < -0.39 is 5.97 Å². The molecule has 0 aromatic heterocycles. The molecule has 1 amide bonds. The summed E-state index contributed by atoms with van der Waals surface area (Å²) in [6, 6.07) is 6.71. The van der Waals surface area contributed by atoms with Crippen LogP contribution in [0.2, 0.25) is 0 Å². The summed E-state index contributed by atoms with van der Waals surface area (Å²) in [6.45, 7) is 1.83. The predicted octanol–water partition coefficient (Wildman–Crippen LogP) is 2.00. The number of rotatable bonds is 6. The van der Waals surface area contributed by atoms with Crippen molar-refractivity contribution < 1.29 is 23.8 Å². The molecule has 0 aliphatic carbocycles. The topological polar surface area (TPSA) is 88.9 Å². The number of morpholine rings is 1. The Morgan fingerprint density at radius 2 is 2.08 bits per heavy atom. The van der Waals surface area contributed by atoms with Crippen molar-refractivity contribution in [2.24, 2.45) is 0 Å². The molecule has 0 unspecified atom stereocenters. The number of ether oxygens (including phenoxy) is 3. The zero-order valence-corrected chi connectivity index (χ0v) is 15.1. The Morgan fingerprint density at radius 3 is 2.69 bits per heavy atom. The number of hydrogen-bond acceptors (Lipinski definition) is 6. The van der Waals surface area contributed by atoms with E-state index in [1.807, 2.05) is 6.07 Å². The lowest BCUT2D eigenvalue weighted by atomic mass is 10.1. The first-order valence-electron chi connectivity index (χ1n) is 8.02. The Balaban J connectivity index is 2.20. The molecule has 7 nitrogen and oxygen atoms in total.